The van der Waals surface area contributed by atoms with E-state index in [1.165, 1.54) is 6.07 Å². The van der Waals surface area contributed by atoms with Crippen LogP contribution in [-0.2, 0) is 13.1 Å². The van der Waals surface area contributed by atoms with E-state index in [1.54, 1.807) is 40.6 Å². The number of urea groups is 1. The Labute approximate surface area is 139 Å². The van der Waals surface area contributed by atoms with Crippen LogP contribution in [0.4, 0.5) is 9.18 Å². The number of halogens is 1. The van der Waals surface area contributed by atoms with Gasteiger partial charge in [-0.3, -0.25) is 0 Å². The highest BCUT2D eigenvalue weighted by Gasteiger charge is 2.29. The Morgan fingerprint density at radius 3 is 2.83 bits per heavy atom. The molecular weight excluding hydrogens is 313 g/mol. The van der Waals surface area contributed by atoms with Crippen LogP contribution in [0.25, 0.3) is 0 Å². The number of carbonyl (C=O) groups is 1. The first-order chi connectivity index (χ1) is 11.1. The van der Waals surface area contributed by atoms with Crippen molar-refractivity contribution < 1.29 is 9.18 Å². The van der Waals surface area contributed by atoms with E-state index in [2.05, 4.69) is 10.3 Å². The second-order valence-corrected chi connectivity index (χ2v) is 7.13. The Hall–Kier alpha value is -1.95. The van der Waals surface area contributed by atoms with Crippen LogP contribution in [0.3, 0.4) is 0 Å². The number of rotatable bonds is 5. The minimum Gasteiger partial charge on any atom is -0.333 e. The van der Waals surface area contributed by atoms with Gasteiger partial charge in [0.15, 0.2) is 0 Å². The lowest BCUT2D eigenvalue weighted by atomic mass is 9.91. The van der Waals surface area contributed by atoms with Crippen molar-refractivity contribution in [3.05, 3.63) is 51.7 Å². The summed E-state index contributed by atoms with van der Waals surface area (Å²) in [5, 5.41) is 3.92. The van der Waals surface area contributed by atoms with Crippen molar-refractivity contribution in [1.29, 1.82) is 0 Å². The van der Waals surface area contributed by atoms with Gasteiger partial charge in [0.05, 0.1) is 18.1 Å². The van der Waals surface area contributed by atoms with Crippen molar-refractivity contribution in [2.45, 2.75) is 45.3 Å². The third kappa shape index (κ3) is 3.88. The molecule has 1 aliphatic rings. The monoisotopic (exact) mass is 333 g/mol. The van der Waals surface area contributed by atoms with Crippen molar-refractivity contribution in [3.63, 3.8) is 0 Å². The first kappa shape index (κ1) is 15.9. The third-order valence-corrected chi connectivity index (χ3v) is 5.07. The van der Waals surface area contributed by atoms with Crippen molar-refractivity contribution in [2.24, 2.45) is 0 Å². The zero-order chi connectivity index (χ0) is 16.2. The van der Waals surface area contributed by atoms with Gasteiger partial charge in [0.2, 0.25) is 0 Å². The Morgan fingerprint density at radius 2 is 2.22 bits per heavy atom. The topological polar surface area (TPSA) is 45.2 Å². The van der Waals surface area contributed by atoms with Crippen molar-refractivity contribution in [2.75, 3.05) is 0 Å². The van der Waals surface area contributed by atoms with Crippen LogP contribution in [0.15, 0.2) is 30.5 Å². The normalized spacial score (nSPS) is 14.3. The largest absolute Gasteiger partial charge is 0.333 e. The molecule has 3 rings (SSSR count). The lowest BCUT2D eigenvalue weighted by molar-refractivity contribution is 0.132. The van der Waals surface area contributed by atoms with Gasteiger partial charge in [-0.2, -0.15) is 0 Å². The molecule has 0 saturated heterocycles. The Kier molecular flexibility index (Phi) is 4.91. The van der Waals surface area contributed by atoms with Crippen LogP contribution in [0.2, 0.25) is 0 Å². The van der Waals surface area contributed by atoms with Crippen molar-refractivity contribution in [1.82, 2.24) is 15.2 Å². The fourth-order valence-corrected chi connectivity index (χ4v) is 3.36. The average molecular weight is 333 g/mol. The van der Waals surface area contributed by atoms with Gasteiger partial charge in [-0.1, -0.05) is 18.2 Å². The van der Waals surface area contributed by atoms with Crippen LogP contribution in [0.1, 0.15) is 34.7 Å². The number of aromatic nitrogens is 1. The van der Waals surface area contributed by atoms with Gasteiger partial charge in [0, 0.05) is 22.7 Å². The highest BCUT2D eigenvalue weighted by molar-refractivity contribution is 7.11. The van der Waals surface area contributed by atoms with E-state index in [0.29, 0.717) is 18.7 Å². The number of carbonyl (C=O) groups excluding carboxylic acids is 1. The first-order valence-electron chi connectivity index (χ1n) is 7.82. The lowest BCUT2D eigenvalue weighted by Gasteiger charge is -2.37. The molecule has 0 unspecified atom stereocenters. The van der Waals surface area contributed by atoms with Gasteiger partial charge in [-0.25, -0.2) is 14.2 Å². The van der Waals surface area contributed by atoms with E-state index in [4.69, 9.17) is 0 Å². The molecule has 0 radical (unpaired) electrons. The molecule has 122 valence electrons. The molecule has 0 atom stereocenters. The maximum Gasteiger partial charge on any atom is 0.318 e. The summed E-state index contributed by atoms with van der Waals surface area (Å²) in [6, 6.07) is 6.71. The zero-order valence-corrected chi connectivity index (χ0v) is 13.9. The molecule has 6 heteroatoms. The van der Waals surface area contributed by atoms with Crippen LogP contribution in [0.5, 0.6) is 0 Å². The average Bonchev–Trinajstić information content (AvgIpc) is 2.90. The second-order valence-electron chi connectivity index (χ2n) is 5.81. The highest BCUT2D eigenvalue weighted by atomic mass is 32.1. The second kappa shape index (κ2) is 7.08. The van der Waals surface area contributed by atoms with Crippen molar-refractivity contribution in [3.8, 4) is 0 Å². The van der Waals surface area contributed by atoms with E-state index in [0.717, 1.165) is 29.1 Å². The maximum atomic E-state index is 13.9. The van der Waals surface area contributed by atoms with Gasteiger partial charge in [-0.05, 0) is 32.3 Å². The molecule has 2 amide bonds. The van der Waals surface area contributed by atoms with Gasteiger partial charge in [0.25, 0.3) is 0 Å². The number of amides is 2. The predicted octanol–water partition coefficient (Wildman–Crippen LogP) is 3.85. The predicted molar refractivity (Wildman–Crippen MR) is 88.7 cm³/mol. The Morgan fingerprint density at radius 1 is 1.43 bits per heavy atom. The standard InChI is InChI=1S/C17H20FN3OS/c1-12-19-9-15(23-12)10-20-17(22)21(14-6-4-7-14)11-13-5-2-3-8-16(13)18/h2-3,5,8-9,14H,4,6-7,10-11H2,1H3,(H,20,22). The number of nitrogens with zero attached hydrogens (tertiary/aromatic N) is 2. The molecule has 2 aromatic rings. The summed E-state index contributed by atoms with van der Waals surface area (Å²) >= 11 is 1.57. The Bertz CT molecular complexity index is 684. The van der Waals surface area contributed by atoms with Gasteiger partial charge < -0.3 is 10.2 Å². The first-order valence-corrected chi connectivity index (χ1v) is 8.64. The highest BCUT2D eigenvalue weighted by Crippen LogP contribution is 2.27. The van der Waals surface area contributed by atoms with Gasteiger partial charge in [0.1, 0.15) is 5.82 Å². The molecular formula is C17H20FN3OS. The molecule has 0 bridgehead atoms. The fourth-order valence-electron chi connectivity index (χ4n) is 2.63. The number of hydrogen-bond donors (Lipinski definition) is 1. The molecule has 1 saturated carbocycles. The van der Waals surface area contributed by atoms with E-state index in [-0.39, 0.29) is 17.9 Å². The smallest absolute Gasteiger partial charge is 0.318 e. The zero-order valence-electron chi connectivity index (χ0n) is 13.1. The summed E-state index contributed by atoms with van der Waals surface area (Å²) in [5.41, 5.74) is 0.559. The lowest BCUT2D eigenvalue weighted by Crippen LogP contribution is -2.48. The molecule has 1 N–H and O–H groups in total. The molecule has 1 aliphatic carbocycles. The quantitative estimate of drug-likeness (QED) is 0.903. The number of nitrogens with one attached hydrogen (secondary N) is 1. The van der Waals surface area contributed by atoms with Crippen LogP contribution in [0, 0.1) is 12.7 Å². The maximum absolute atomic E-state index is 13.9. The van der Waals surface area contributed by atoms with Crippen LogP contribution >= 0.6 is 11.3 Å². The fraction of sp³-hybridized carbons (Fsp3) is 0.412. The third-order valence-electron chi connectivity index (χ3n) is 4.16. The van der Waals surface area contributed by atoms with E-state index < -0.39 is 0 Å². The van der Waals surface area contributed by atoms with Gasteiger partial charge >= 0.3 is 6.03 Å². The van der Waals surface area contributed by atoms with E-state index in [1.807, 2.05) is 6.92 Å². The molecule has 23 heavy (non-hydrogen) atoms. The molecule has 0 spiro atoms. The summed E-state index contributed by atoms with van der Waals surface area (Å²) in [7, 11) is 0. The summed E-state index contributed by atoms with van der Waals surface area (Å²) in [5.74, 6) is -0.261. The summed E-state index contributed by atoms with van der Waals surface area (Å²) in [6.07, 6.45) is 4.88. The van der Waals surface area contributed by atoms with E-state index >= 15 is 0 Å². The number of aryl methyl sites for hydroxylation is 1. The SMILES string of the molecule is Cc1ncc(CNC(=O)N(Cc2ccccc2F)C2CCC2)s1. The van der Waals surface area contributed by atoms with E-state index in [9.17, 15) is 9.18 Å². The molecule has 1 aromatic carbocycles. The molecule has 0 aliphatic heterocycles. The van der Waals surface area contributed by atoms with Crippen LogP contribution < -0.4 is 5.32 Å². The summed E-state index contributed by atoms with van der Waals surface area (Å²) < 4.78 is 13.9. The molecule has 1 heterocycles. The number of thiazole rings is 1. The summed E-state index contributed by atoms with van der Waals surface area (Å²) in [4.78, 5) is 19.5. The number of benzene rings is 1. The Balaban J connectivity index is 1.66. The molecule has 4 nitrogen and oxygen atoms in total. The minimum absolute atomic E-state index is 0.135. The number of hydrogen-bond acceptors (Lipinski definition) is 3. The van der Waals surface area contributed by atoms with Gasteiger partial charge in [-0.15, -0.1) is 11.3 Å². The van der Waals surface area contributed by atoms with Crippen molar-refractivity contribution >= 4 is 17.4 Å². The minimum atomic E-state index is -0.261. The molecule has 1 fully saturated rings. The molecule has 1 aromatic heterocycles. The van der Waals surface area contributed by atoms with Crippen LogP contribution in [-0.4, -0.2) is 22.0 Å². The summed E-state index contributed by atoms with van der Waals surface area (Å²) in [6.45, 7) is 2.71.